The third-order valence-electron chi connectivity index (χ3n) is 4.72. The number of anilines is 1. The molecule has 1 unspecified atom stereocenters. The van der Waals surface area contributed by atoms with Gasteiger partial charge in [0, 0.05) is 16.8 Å². The Labute approximate surface area is 167 Å². The van der Waals surface area contributed by atoms with Crippen LogP contribution >= 0.6 is 0 Å². The van der Waals surface area contributed by atoms with Crippen LogP contribution in [0.3, 0.4) is 0 Å². The molecule has 3 aromatic rings. The van der Waals surface area contributed by atoms with Crippen molar-refractivity contribution in [3.05, 3.63) is 54.1 Å². The molecule has 0 aliphatic heterocycles. The normalized spacial score (nSPS) is 14.3. The summed E-state index contributed by atoms with van der Waals surface area (Å²) < 4.78 is 7.52. The van der Waals surface area contributed by atoms with Crippen LogP contribution in [-0.4, -0.2) is 38.0 Å². The van der Waals surface area contributed by atoms with E-state index in [1.54, 1.807) is 31.2 Å². The number of tetrazole rings is 1. The van der Waals surface area contributed by atoms with Gasteiger partial charge in [0.2, 0.25) is 0 Å². The van der Waals surface area contributed by atoms with Crippen LogP contribution in [0.4, 0.5) is 5.69 Å². The van der Waals surface area contributed by atoms with E-state index >= 15 is 0 Å². The SMILES string of the molecule is CC(=O)c1cccc(OC(C)C(=O)Nc2ccc(-c3nnnn3C3CC3)cc2)c1. The van der Waals surface area contributed by atoms with E-state index in [2.05, 4.69) is 20.8 Å². The first-order chi connectivity index (χ1) is 14.0. The highest BCUT2D eigenvalue weighted by molar-refractivity contribution is 5.95. The van der Waals surface area contributed by atoms with Crippen LogP contribution in [0.15, 0.2) is 48.5 Å². The van der Waals surface area contributed by atoms with E-state index in [0.29, 0.717) is 23.0 Å². The Morgan fingerprint density at radius 1 is 1.17 bits per heavy atom. The van der Waals surface area contributed by atoms with Gasteiger partial charge in [-0.2, -0.15) is 0 Å². The fourth-order valence-corrected chi connectivity index (χ4v) is 2.94. The van der Waals surface area contributed by atoms with Gasteiger partial charge in [-0.1, -0.05) is 12.1 Å². The van der Waals surface area contributed by atoms with Crippen molar-refractivity contribution in [1.29, 1.82) is 0 Å². The third kappa shape index (κ3) is 4.31. The summed E-state index contributed by atoms with van der Waals surface area (Å²) in [6.07, 6.45) is 1.47. The second-order valence-corrected chi connectivity index (χ2v) is 7.09. The Kier molecular flexibility index (Phi) is 5.07. The van der Waals surface area contributed by atoms with E-state index in [1.165, 1.54) is 6.92 Å². The zero-order valence-corrected chi connectivity index (χ0v) is 16.2. The van der Waals surface area contributed by atoms with Gasteiger partial charge in [0.15, 0.2) is 17.7 Å². The fourth-order valence-electron chi connectivity index (χ4n) is 2.94. The lowest BCUT2D eigenvalue weighted by Crippen LogP contribution is -2.30. The van der Waals surface area contributed by atoms with Crippen molar-refractivity contribution in [2.45, 2.75) is 38.8 Å². The average Bonchev–Trinajstić information content (AvgIpc) is 3.45. The van der Waals surface area contributed by atoms with Gasteiger partial charge >= 0.3 is 0 Å². The molecule has 0 saturated heterocycles. The molecule has 1 aromatic heterocycles. The Hall–Kier alpha value is -3.55. The summed E-state index contributed by atoms with van der Waals surface area (Å²) in [5.41, 5.74) is 2.08. The van der Waals surface area contributed by atoms with Gasteiger partial charge in [0.05, 0.1) is 6.04 Å². The van der Waals surface area contributed by atoms with Crippen molar-refractivity contribution in [3.63, 3.8) is 0 Å². The van der Waals surface area contributed by atoms with Crippen LogP contribution in [-0.2, 0) is 4.79 Å². The van der Waals surface area contributed by atoms with E-state index in [1.807, 2.05) is 28.9 Å². The first kappa shape index (κ1) is 18.8. The number of hydrogen-bond acceptors (Lipinski definition) is 6. The molecule has 1 aliphatic rings. The molecular formula is C21H21N5O3. The highest BCUT2D eigenvalue weighted by atomic mass is 16.5. The predicted octanol–water partition coefficient (Wildman–Crippen LogP) is 3.28. The number of carbonyl (C=O) groups excluding carboxylic acids is 2. The smallest absolute Gasteiger partial charge is 0.265 e. The number of Topliss-reactive ketones (excluding diaryl/α,β-unsaturated/α-hetero) is 1. The van der Waals surface area contributed by atoms with Crippen LogP contribution in [0.5, 0.6) is 5.75 Å². The lowest BCUT2D eigenvalue weighted by molar-refractivity contribution is -0.122. The zero-order chi connectivity index (χ0) is 20.4. The molecule has 0 spiro atoms. The van der Waals surface area contributed by atoms with Crippen LogP contribution in [0.25, 0.3) is 11.4 Å². The molecule has 1 N–H and O–H groups in total. The summed E-state index contributed by atoms with van der Waals surface area (Å²) in [5, 5.41) is 14.8. The van der Waals surface area contributed by atoms with Gasteiger partial charge in [-0.05, 0) is 73.5 Å². The van der Waals surface area contributed by atoms with Gasteiger partial charge in [0.1, 0.15) is 5.75 Å². The summed E-state index contributed by atoms with van der Waals surface area (Å²) in [6.45, 7) is 3.15. The number of nitrogens with one attached hydrogen (secondary N) is 1. The molecule has 1 atom stereocenters. The Morgan fingerprint density at radius 2 is 1.93 bits per heavy atom. The number of carbonyl (C=O) groups is 2. The summed E-state index contributed by atoms with van der Waals surface area (Å²) in [7, 11) is 0. The number of aromatic nitrogens is 4. The predicted molar refractivity (Wildman–Crippen MR) is 107 cm³/mol. The molecule has 29 heavy (non-hydrogen) atoms. The first-order valence-electron chi connectivity index (χ1n) is 9.48. The zero-order valence-electron chi connectivity index (χ0n) is 16.2. The van der Waals surface area contributed by atoms with Crippen molar-refractivity contribution < 1.29 is 14.3 Å². The number of ether oxygens (including phenoxy) is 1. The van der Waals surface area contributed by atoms with Gasteiger partial charge in [0.25, 0.3) is 5.91 Å². The standard InChI is InChI=1S/C21H21N5O3/c1-13(27)16-4-3-5-19(12-16)29-14(2)21(28)22-17-8-6-15(7-9-17)20-23-24-25-26(20)18-10-11-18/h3-9,12,14,18H,10-11H2,1-2H3,(H,22,28). The summed E-state index contributed by atoms with van der Waals surface area (Å²) >= 11 is 0. The summed E-state index contributed by atoms with van der Waals surface area (Å²) in [5.74, 6) is 0.865. The van der Waals surface area contributed by atoms with E-state index in [4.69, 9.17) is 4.74 Å². The molecule has 1 saturated carbocycles. The quantitative estimate of drug-likeness (QED) is 0.621. The lowest BCUT2D eigenvalue weighted by Gasteiger charge is -2.15. The molecule has 2 aromatic carbocycles. The van der Waals surface area contributed by atoms with E-state index in [-0.39, 0.29) is 11.7 Å². The lowest BCUT2D eigenvalue weighted by atomic mass is 10.1. The summed E-state index contributed by atoms with van der Waals surface area (Å²) in [6, 6.07) is 14.5. The van der Waals surface area contributed by atoms with Crippen LogP contribution in [0.2, 0.25) is 0 Å². The molecule has 8 heteroatoms. The van der Waals surface area contributed by atoms with Crippen LogP contribution in [0.1, 0.15) is 43.1 Å². The maximum absolute atomic E-state index is 12.5. The molecule has 1 aliphatic carbocycles. The Bertz CT molecular complexity index is 1040. The minimum absolute atomic E-state index is 0.0552. The van der Waals surface area contributed by atoms with E-state index in [0.717, 1.165) is 24.2 Å². The van der Waals surface area contributed by atoms with Crippen molar-refractivity contribution in [2.24, 2.45) is 0 Å². The van der Waals surface area contributed by atoms with Crippen LogP contribution in [0, 0.1) is 0 Å². The van der Waals surface area contributed by atoms with Crippen LogP contribution < -0.4 is 10.1 Å². The van der Waals surface area contributed by atoms with E-state index in [9.17, 15) is 9.59 Å². The second kappa shape index (κ2) is 7.83. The van der Waals surface area contributed by atoms with Gasteiger partial charge in [-0.15, -0.1) is 5.10 Å². The highest BCUT2D eigenvalue weighted by Gasteiger charge is 2.28. The molecule has 1 amide bonds. The highest BCUT2D eigenvalue weighted by Crippen LogP contribution is 2.36. The van der Waals surface area contributed by atoms with Crippen molar-refractivity contribution in [1.82, 2.24) is 20.2 Å². The largest absolute Gasteiger partial charge is 0.481 e. The number of rotatable bonds is 7. The van der Waals surface area contributed by atoms with Gasteiger partial charge < -0.3 is 10.1 Å². The Balaban J connectivity index is 1.39. The molecule has 0 radical (unpaired) electrons. The van der Waals surface area contributed by atoms with Crippen molar-refractivity contribution in [3.8, 4) is 17.1 Å². The number of amides is 1. The number of hydrogen-bond donors (Lipinski definition) is 1. The number of nitrogens with zero attached hydrogens (tertiary/aromatic N) is 4. The van der Waals surface area contributed by atoms with Crippen molar-refractivity contribution >= 4 is 17.4 Å². The Morgan fingerprint density at radius 3 is 2.62 bits per heavy atom. The first-order valence-corrected chi connectivity index (χ1v) is 9.48. The minimum atomic E-state index is -0.723. The topological polar surface area (TPSA) is 99.0 Å². The maximum atomic E-state index is 12.5. The van der Waals surface area contributed by atoms with Crippen molar-refractivity contribution in [2.75, 3.05) is 5.32 Å². The molecule has 148 valence electrons. The average molecular weight is 391 g/mol. The third-order valence-corrected chi connectivity index (χ3v) is 4.72. The molecule has 8 nitrogen and oxygen atoms in total. The molecule has 1 heterocycles. The van der Waals surface area contributed by atoms with Gasteiger partial charge in [-0.3, -0.25) is 9.59 Å². The number of ketones is 1. The molecule has 1 fully saturated rings. The number of benzene rings is 2. The fraction of sp³-hybridized carbons (Fsp3) is 0.286. The monoisotopic (exact) mass is 391 g/mol. The second-order valence-electron chi connectivity index (χ2n) is 7.09. The summed E-state index contributed by atoms with van der Waals surface area (Å²) in [4.78, 5) is 23.9. The molecule has 0 bridgehead atoms. The maximum Gasteiger partial charge on any atom is 0.265 e. The molecular weight excluding hydrogens is 370 g/mol. The molecule has 4 rings (SSSR count). The van der Waals surface area contributed by atoms with Gasteiger partial charge in [-0.25, -0.2) is 4.68 Å². The van der Waals surface area contributed by atoms with E-state index < -0.39 is 6.10 Å². The minimum Gasteiger partial charge on any atom is -0.481 e.